The molecule has 32 atom stereocenters. The molecule has 5 fully saturated rings. The number of rotatable bonds is 46. The number of hydrogen-bond donors (Lipinski definition) is 28. The second kappa shape index (κ2) is 80.1. The molecule has 60 heteroatoms. The molecule has 55 nitrogen and oxygen atoms in total. The number of likely N-dealkylation sites (N-methyl/N-ethyl adjacent to an activating group) is 4. The molecule has 0 bridgehead atoms. The third-order valence-electron chi connectivity index (χ3n) is 20.4. The van der Waals surface area contributed by atoms with E-state index in [1.807, 2.05) is 13.8 Å². The SMILES string of the molecule is C1COC1.CC.CCC(C(=O)N[C@@H](CSC)C(=O)O)C1OC(O)C(O)C(O)C1O.CN[C@@H](C)C(=O)CC(C(=O)N[C@@H](CSC)C(=O)O)C1OC(O)C(O)C(O)C1O.CN[C@@H](C)C(=O)CC(C(=O)N[C@@H](CSC)C(=O)O)C1OC(O)C(O)C1O.CN[C@@H](C)C(=O)CC(C)C(=O)N[C@@H](CSC)C(=O)O.CN[C@@H](C)C(=O)C[C@@H](C(=O)N[C@@H](CSC)C(=O)O)C1O[C@H](O)[C@H](O)[C@H]1O.O=C=O.O=C=O.O=C=O.O=C=O. The Kier molecular flexibility index (Phi) is 81.5. The minimum absolute atomic E-state index is 0.0622. The highest BCUT2D eigenvalue weighted by Crippen LogP contribution is 2.33. The van der Waals surface area contributed by atoms with Crippen LogP contribution in [0.2, 0.25) is 0 Å². The highest BCUT2D eigenvalue weighted by molar-refractivity contribution is 7.99. The summed E-state index contributed by atoms with van der Waals surface area (Å²) in [7, 11) is 6.33. The van der Waals surface area contributed by atoms with E-state index in [9.17, 15) is 154 Å². The summed E-state index contributed by atoms with van der Waals surface area (Å²) in [5.74, 6) is -15.6. The van der Waals surface area contributed by atoms with Gasteiger partial charge < -0.3 is 169 Å². The number of aliphatic carboxylic acids is 5. The molecule has 28 N–H and O–H groups in total. The van der Waals surface area contributed by atoms with Crippen LogP contribution in [0.4, 0.5) is 0 Å². The van der Waals surface area contributed by atoms with Gasteiger partial charge in [0.2, 0.25) is 29.5 Å². The van der Waals surface area contributed by atoms with Crippen LogP contribution in [0.3, 0.4) is 0 Å². The number of ether oxygens (including phenoxy) is 5. The van der Waals surface area contributed by atoms with E-state index in [2.05, 4.69) is 47.9 Å². The minimum Gasteiger partial charge on any atom is -0.480 e. The lowest BCUT2D eigenvalue weighted by Crippen LogP contribution is -2.62. The van der Waals surface area contributed by atoms with Crippen molar-refractivity contribution in [3.05, 3.63) is 0 Å². The smallest absolute Gasteiger partial charge is 0.373 e. The molecule has 0 aromatic carbocycles. The van der Waals surface area contributed by atoms with Gasteiger partial charge in [0, 0.05) is 73.6 Å². The van der Waals surface area contributed by atoms with Crippen LogP contribution < -0.4 is 47.9 Å². The number of amides is 5. The highest BCUT2D eigenvalue weighted by Gasteiger charge is 2.53. The zero-order chi connectivity index (χ0) is 110. The zero-order valence-electron chi connectivity index (χ0n) is 79.7. The maximum absolute atomic E-state index is 12.7. The topological polar surface area (TPSA) is 914 Å². The summed E-state index contributed by atoms with van der Waals surface area (Å²) < 4.78 is 25.0. The number of aliphatic hydroxyl groups excluding tert-OH is 14. The van der Waals surface area contributed by atoms with Gasteiger partial charge in [0.15, 0.2) is 25.2 Å². The van der Waals surface area contributed by atoms with Gasteiger partial charge >= 0.3 is 54.5 Å². The normalized spacial score (nSPS) is 25.5. The Morgan fingerprint density at radius 1 is 0.300 bits per heavy atom. The van der Waals surface area contributed by atoms with Crippen molar-refractivity contribution in [3.8, 4) is 0 Å². The lowest BCUT2D eigenvalue weighted by atomic mass is 9.85. The van der Waals surface area contributed by atoms with Crippen LogP contribution in [-0.4, -0.2) is 471 Å². The summed E-state index contributed by atoms with van der Waals surface area (Å²) in [6.45, 7) is 15.7. The average Bonchev–Trinajstić information content (AvgIpc) is 1.24. The number of carbonyl (C=O) groups excluding carboxylic acids is 17. The van der Waals surface area contributed by atoms with Crippen LogP contribution in [0.25, 0.3) is 0 Å². The van der Waals surface area contributed by atoms with Crippen LogP contribution in [0.1, 0.15) is 93.9 Å². The molecule has 140 heavy (non-hydrogen) atoms. The molecule has 5 saturated heterocycles. The number of aliphatic hydroxyl groups is 14. The molecule has 0 saturated carbocycles. The van der Waals surface area contributed by atoms with E-state index < -0.39 is 260 Å². The third kappa shape index (κ3) is 53.4. The van der Waals surface area contributed by atoms with Gasteiger partial charge in [0.05, 0.1) is 47.8 Å². The van der Waals surface area contributed by atoms with Gasteiger partial charge in [-0.25, -0.2) is 24.0 Å². The van der Waals surface area contributed by atoms with E-state index in [4.69, 9.17) is 72.3 Å². The molecule has 5 amide bonds. The van der Waals surface area contributed by atoms with Gasteiger partial charge in [-0.1, -0.05) is 27.7 Å². The second-order valence-corrected chi connectivity index (χ2v) is 34.5. The van der Waals surface area contributed by atoms with Gasteiger partial charge in [0.25, 0.3) is 0 Å². The standard InChI is InChI=1S/C16H28N2O9S.2C15H26N2O8S.C13H23NO8S.C12H22N2O4S.C3H6O.C2H6.4CO2/c1-6(17-2)9(19)4-7(14(23)18-8(5-28-3)15(24)25)13-11(21)10(20)12(22)16(26)27-13;2*1-6(16-2)9(18)4-7(12-10(19)11(20)15(24)25-12)13(21)17-8(5-26-3)14(22)23;1-3-5(11(18)14-6(4-23-2)12(19)20)10-8(16)7(15)9(17)13(21)22-10;1-7(5-10(15)8(2)13-3)11(16)14-9(6-19-4)12(17)18;1-2-4-3-1;1-2;4*2-1-3/h6-8,10-13,16-17,20-22,26H,4-5H2,1-3H3,(H,18,23)(H,24,25);2*6-8,10-12,15-16,19-20,24H,4-5H2,1-3H3,(H,17,21)(H,22,23);5-10,13,15-17,21H,3-4H2,1-2H3,(H,14,18)(H,19,20);7-9,13H,5-6H2,1-4H3,(H,14,16)(H,17,18);1-3H2;1-2H3;;;;/t6-,7?,8-,10?,11?,12?,13?,16?;6-,7?,8-,10?,11?,12?,15?;6-,7+,8-,10+,11+,12?,15-;5?,6-,7?,8?,9?,10?,13?;7?,8-,9-;;;;;;/m00000....../s1. The number of thioether (sulfide) groups is 5. The summed E-state index contributed by atoms with van der Waals surface area (Å²) in [6, 6.07) is -7.76. The van der Waals surface area contributed by atoms with Crippen molar-refractivity contribution >= 4 is 166 Å². The first-order chi connectivity index (χ1) is 65.5. The van der Waals surface area contributed by atoms with E-state index in [0.29, 0.717) is 5.75 Å². The van der Waals surface area contributed by atoms with Gasteiger partial charge in [-0.15, -0.1) is 0 Å². The Morgan fingerprint density at radius 3 is 0.621 bits per heavy atom. The monoisotopic (exact) mass is 2120 g/mol. The maximum atomic E-state index is 12.7. The fraction of sp³-hybridized carbons (Fsp3) is 0.775. The first-order valence-electron chi connectivity index (χ1n) is 42.2. The van der Waals surface area contributed by atoms with Gasteiger partial charge in [-0.2, -0.15) is 97.2 Å². The fourth-order valence-corrected chi connectivity index (χ4v) is 14.6. The number of carboxylic acid groups (broad SMARTS) is 5. The predicted molar refractivity (Wildman–Crippen MR) is 486 cm³/mol. The lowest BCUT2D eigenvalue weighted by Gasteiger charge is -2.41. The van der Waals surface area contributed by atoms with E-state index in [1.165, 1.54) is 72.3 Å². The number of ketones is 4. The van der Waals surface area contributed by atoms with Crippen molar-refractivity contribution in [1.82, 2.24) is 47.9 Å². The summed E-state index contributed by atoms with van der Waals surface area (Å²) in [4.78, 5) is 231. The molecule has 19 unspecified atom stereocenters. The van der Waals surface area contributed by atoms with Crippen LogP contribution in [-0.2, 0) is 129 Å². The van der Waals surface area contributed by atoms with E-state index in [0.717, 1.165) is 13.2 Å². The van der Waals surface area contributed by atoms with Crippen molar-refractivity contribution in [2.75, 3.05) is 101 Å². The lowest BCUT2D eigenvalue weighted by molar-refractivity contribution is -0.289. The van der Waals surface area contributed by atoms with Crippen molar-refractivity contribution in [2.45, 2.75) is 259 Å². The largest absolute Gasteiger partial charge is 0.480 e. The molecule has 0 spiro atoms. The fourth-order valence-electron chi connectivity index (χ4n) is 11.8. The molecule has 0 aromatic heterocycles. The number of Topliss-reactive ketones (excluding diaryl/α,β-unsaturated/α-hetero) is 4. The summed E-state index contributed by atoms with van der Waals surface area (Å²) in [5.41, 5.74) is 0. The molecule has 5 heterocycles. The first kappa shape index (κ1) is 142. The molecule has 5 aliphatic heterocycles. The second-order valence-electron chi connectivity index (χ2n) is 29.9. The van der Waals surface area contributed by atoms with E-state index in [1.54, 1.807) is 94.0 Å². The quantitative estimate of drug-likeness (QED) is 0.0269. The minimum atomic E-state index is -1.89. The van der Waals surface area contributed by atoms with Gasteiger partial charge in [0.1, 0.15) is 139 Å². The van der Waals surface area contributed by atoms with Crippen LogP contribution in [0.5, 0.6) is 0 Å². The molecule has 808 valence electrons. The molecule has 0 aliphatic carbocycles. The first-order valence-corrected chi connectivity index (χ1v) is 49.1. The summed E-state index contributed by atoms with van der Waals surface area (Å²) in [5, 5.41) is 205. The molecule has 5 aliphatic rings. The number of carboxylic acids is 5. The Bertz CT molecular complexity index is 3680. The third-order valence-corrected chi connectivity index (χ3v) is 23.7. The maximum Gasteiger partial charge on any atom is 0.373 e. The van der Waals surface area contributed by atoms with Crippen LogP contribution >= 0.6 is 58.8 Å². The van der Waals surface area contributed by atoms with Crippen molar-refractivity contribution in [2.24, 2.45) is 29.6 Å². The van der Waals surface area contributed by atoms with Crippen molar-refractivity contribution in [1.29, 1.82) is 0 Å². The molecular formula is C80H137N9O46S5. The van der Waals surface area contributed by atoms with Gasteiger partial charge in [-0.05, 0) is 100 Å². The average molecular weight is 2120 g/mol. The van der Waals surface area contributed by atoms with Crippen LogP contribution in [0.15, 0.2) is 0 Å². The Balaban J connectivity index is -0.000000384. The number of carbonyl (C=O) groups is 14. The molecule has 5 rings (SSSR count). The van der Waals surface area contributed by atoms with Crippen molar-refractivity contribution in [3.63, 3.8) is 0 Å². The van der Waals surface area contributed by atoms with Crippen LogP contribution in [0, 0.1) is 29.6 Å². The Hall–Kier alpha value is -8.27. The number of hydrogen-bond acceptors (Lipinski definition) is 50. The van der Waals surface area contributed by atoms with E-state index in [-0.39, 0.29) is 96.7 Å². The number of nitrogens with one attached hydrogen (secondary N) is 9. The zero-order valence-corrected chi connectivity index (χ0v) is 83.8. The highest BCUT2D eigenvalue weighted by atomic mass is 32.2. The van der Waals surface area contributed by atoms with Gasteiger partial charge in [-0.3, -0.25) is 43.2 Å². The molecule has 0 radical (unpaired) electrons. The molecular weight excluding hydrogens is 1980 g/mol. The Labute approximate surface area is 825 Å². The Morgan fingerprint density at radius 2 is 0.464 bits per heavy atom. The van der Waals surface area contributed by atoms with E-state index >= 15 is 0 Å². The predicted octanol–water partition coefficient (Wildman–Crippen LogP) is -11.0. The summed E-state index contributed by atoms with van der Waals surface area (Å²) >= 11 is 6.20. The van der Waals surface area contributed by atoms with Crippen molar-refractivity contribution < 1.29 is 226 Å². The molecule has 0 aromatic rings. The summed E-state index contributed by atoms with van der Waals surface area (Å²) in [6.07, 6.45) is -19.5.